The lowest BCUT2D eigenvalue weighted by atomic mass is 10.1. The second kappa shape index (κ2) is 10.0. The van der Waals surface area contributed by atoms with Crippen LogP contribution in [0.1, 0.15) is 11.1 Å². The summed E-state index contributed by atoms with van der Waals surface area (Å²) in [7, 11) is 4.69. The second-order valence-electron chi connectivity index (χ2n) is 8.30. The number of imidazole rings is 1. The van der Waals surface area contributed by atoms with Crippen LogP contribution in [0.15, 0.2) is 60.9 Å². The van der Waals surface area contributed by atoms with Crippen molar-refractivity contribution in [2.75, 3.05) is 32.0 Å². The first-order valence-corrected chi connectivity index (χ1v) is 11.6. The Morgan fingerprint density at radius 1 is 0.757 bits per heavy atom. The minimum Gasteiger partial charge on any atom is -0.493 e. The molecule has 5 aromatic rings. The van der Waals surface area contributed by atoms with E-state index in [0.29, 0.717) is 40.8 Å². The molecule has 0 fully saturated rings. The molecule has 2 N–H and O–H groups in total. The molecule has 5 rings (SSSR count). The van der Waals surface area contributed by atoms with Crippen molar-refractivity contribution in [2.24, 2.45) is 0 Å². The van der Waals surface area contributed by atoms with Gasteiger partial charge in [-0.2, -0.15) is 4.98 Å². The predicted octanol–water partition coefficient (Wildman–Crippen LogP) is 5.34. The lowest BCUT2D eigenvalue weighted by Gasteiger charge is -2.15. The highest BCUT2D eigenvalue weighted by Crippen LogP contribution is 2.40. The first-order valence-electron chi connectivity index (χ1n) is 11.6. The number of anilines is 4. The van der Waals surface area contributed by atoms with Gasteiger partial charge < -0.3 is 24.8 Å². The van der Waals surface area contributed by atoms with E-state index in [1.165, 1.54) is 6.33 Å². The highest BCUT2D eigenvalue weighted by Gasteiger charge is 2.18. The van der Waals surface area contributed by atoms with E-state index in [1.54, 1.807) is 33.5 Å². The van der Waals surface area contributed by atoms with Gasteiger partial charge in [-0.15, -0.1) is 0 Å². The zero-order valence-corrected chi connectivity index (χ0v) is 21.2. The normalized spacial score (nSPS) is 10.8. The molecule has 0 aliphatic rings. The minimum absolute atomic E-state index is 0.343. The summed E-state index contributed by atoms with van der Waals surface area (Å²) in [5.74, 6) is 2.88. The van der Waals surface area contributed by atoms with Crippen molar-refractivity contribution >= 4 is 34.3 Å². The summed E-state index contributed by atoms with van der Waals surface area (Å²) in [6.07, 6.45) is 1.46. The van der Waals surface area contributed by atoms with Crippen molar-refractivity contribution in [2.45, 2.75) is 13.8 Å². The smallest absolute Gasteiger partial charge is 0.241 e. The molecule has 0 aliphatic carbocycles. The maximum atomic E-state index is 5.46. The molecule has 10 nitrogen and oxygen atoms in total. The Morgan fingerprint density at radius 2 is 1.46 bits per heavy atom. The highest BCUT2D eigenvalue weighted by atomic mass is 16.5. The Balaban J connectivity index is 1.57. The molecule has 0 saturated heterocycles. The van der Waals surface area contributed by atoms with Crippen LogP contribution in [0.4, 0.5) is 23.3 Å². The van der Waals surface area contributed by atoms with Crippen LogP contribution >= 0.6 is 0 Å². The van der Waals surface area contributed by atoms with Gasteiger partial charge in [0.25, 0.3) is 0 Å². The van der Waals surface area contributed by atoms with E-state index >= 15 is 0 Å². The van der Waals surface area contributed by atoms with E-state index in [4.69, 9.17) is 24.2 Å². The molecule has 37 heavy (non-hydrogen) atoms. The third-order valence-electron chi connectivity index (χ3n) is 5.96. The number of hydrogen-bond donors (Lipinski definition) is 2. The van der Waals surface area contributed by atoms with E-state index in [-0.39, 0.29) is 0 Å². The van der Waals surface area contributed by atoms with Gasteiger partial charge in [0, 0.05) is 23.5 Å². The zero-order chi connectivity index (χ0) is 25.9. The monoisotopic (exact) mass is 497 g/mol. The summed E-state index contributed by atoms with van der Waals surface area (Å²) < 4.78 is 18.2. The Kier molecular flexibility index (Phi) is 6.46. The molecule has 0 unspecified atom stereocenters. The van der Waals surface area contributed by atoms with Crippen molar-refractivity contribution in [1.29, 1.82) is 0 Å². The lowest BCUT2D eigenvalue weighted by molar-refractivity contribution is 0.324. The molecule has 2 heterocycles. The molecule has 0 bridgehead atoms. The number of aryl methyl sites for hydroxylation is 2. The third kappa shape index (κ3) is 4.56. The number of nitrogens with zero attached hydrogens (tertiary/aromatic N) is 5. The third-order valence-corrected chi connectivity index (χ3v) is 5.96. The van der Waals surface area contributed by atoms with Gasteiger partial charge in [0.2, 0.25) is 23.6 Å². The SMILES string of the molecule is COc1cc(Nc2ncnc(-n3c(Nc4c(C)cccc4C)nc4ccccc43)n2)cc(OC)c1OC. The summed E-state index contributed by atoms with van der Waals surface area (Å²) >= 11 is 0. The number of benzene rings is 3. The summed E-state index contributed by atoms with van der Waals surface area (Å²) in [5, 5.41) is 6.70. The largest absolute Gasteiger partial charge is 0.493 e. The second-order valence-corrected chi connectivity index (χ2v) is 8.30. The number of hydrogen-bond acceptors (Lipinski definition) is 9. The maximum Gasteiger partial charge on any atom is 0.241 e. The van der Waals surface area contributed by atoms with Crippen LogP contribution in [-0.2, 0) is 0 Å². The number of para-hydroxylation sites is 3. The van der Waals surface area contributed by atoms with Gasteiger partial charge in [0.15, 0.2) is 11.5 Å². The molecular formula is C27H27N7O3. The van der Waals surface area contributed by atoms with Gasteiger partial charge in [0.1, 0.15) is 6.33 Å². The molecule has 2 aromatic heterocycles. The standard InChI is InChI=1S/C27H27N7O3/c1-16-9-8-10-17(2)23(16)32-27-31-19-11-6-7-12-20(19)34(27)26-29-15-28-25(33-26)30-18-13-21(35-3)24(37-5)22(14-18)36-4/h6-15H,1-5H3,(H,31,32)(H,28,29,30,33). The predicted molar refractivity (Wildman–Crippen MR) is 143 cm³/mol. The molecule has 0 radical (unpaired) electrons. The van der Waals surface area contributed by atoms with Crippen molar-refractivity contribution < 1.29 is 14.2 Å². The van der Waals surface area contributed by atoms with Crippen LogP contribution in [0.3, 0.4) is 0 Å². The molecule has 10 heteroatoms. The summed E-state index contributed by atoms with van der Waals surface area (Å²) in [6, 6.07) is 17.6. The topological polar surface area (TPSA) is 108 Å². The molecule has 3 aromatic carbocycles. The van der Waals surface area contributed by atoms with E-state index in [0.717, 1.165) is 27.8 Å². The number of aromatic nitrogens is 5. The Labute approximate surface area is 214 Å². The number of fused-ring (bicyclic) bond motifs is 1. The molecule has 0 spiro atoms. The highest BCUT2D eigenvalue weighted by molar-refractivity contribution is 5.82. The maximum absolute atomic E-state index is 5.46. The van der Waals surface area contributed by atoms with Crippen molar-refractivity contribution in [3.8, 4) is 23.2 Å². The fraction of sp³-hybridized carbons (Fsp3) is 0.185. The summed E-state index contributed by atoms with van der Waals surface area (Å²) in [4.78, 5) is 18.3. The van der Waals surface area contributed by atoms with Gasteiger partial charge in [-0.3, -0.25) is 0 Å². The molecule has 0 atom stereocenters. The van der Waals surface area contributed by atoms with Crippen LogP contribution in [-0.4, -0.2) is 45.8 Å². The molecule has 0 aliphatic heterocycles. The van der Waals surface area contributed by atoms with Crippen molar-refractivity contribution in [3.05, 3.63) is 72.1 Å². The molecule has 0 amide bonds. The number of ether oxygens (including phenoxy) is 3. The molecule has 188 valence electrons. The first kappa shape index (κ1) is 23.9. The van der Waals surface area contributed by atoms with Gasteiger partial charge in [-0.25, -0.2) is 19.5 Å². The average molecular weight is 498 g/mol. The van der Waals surface area contributed by atoms with Crippen LogP contribution in [0.25, 0.3) is 17.0 Å². The van der Waals surface area contributed by atoms with Crippen LogP contribution in [0.2, 0.25) is 0 Å². The van der Waals surface area contributed by atoms with E-state index in [1.807, 2.05) is 34.9 Å². The number of nitrogens with one attached hydrogen (secondary N) is 2. The van der Waals surface area contributed by atoms with E-state index in [2.05, 4.69) is 46.6 Å². The Hall–Kier alpha value is -4.86. The van der Waals surface area contributed by atoms with E-state index < -0.39 is 0 Å². The van der Waals surface area contributed by atoms with Gasteiger partial charge in [-0.1, -0.05) is 30.3 Å². The Bertz CT molecular complexity index is 1540. The average Bonchev–Trinajstić information content (AvgIpc) is 3.28. The summed E-state index contributed by atoms with van der Waals surface area (Å²) in [6.45, 7) is 4.12. The Morgan fingerprint density at radius 3 is 2.14 bits per heavy atom. The molecule has 0 saturated carbocycles. The fourth-order valence-electron chi connectivity index (χ4n) is 4.17. The van der Waals surface area contributed by atoms with Crippen molar-refractivity contribution in [1.82, 2.24) is 24.5 Å². The van der Waals surface area contributed by atoms with Gasteiger partial charge in [0.05, 0.1) is 32.4 Å². The van der Waals surface area contributed by atoms with Crippen molar-refractivity contribution in [3.63, 3.8) is 0 Å². The lowest BCUT2D eigenvalue weighted by Crippen LogP contribution is -2.09. The number of rotatable bonds is 8. The van der Waals surface area contributed by atoms with Crippen LogP contribution in [0, 0.1) is 13.8 Å². The molecular weight excluding hydrogens is 470 g/mol. The van der Waals surface area contributed by atoms with Gasteiger partial charge >= 0.3 is 0 Å². The minimum atomic E-state index is 0.343. The zero-order valence-electron chi connectivity index (χ0n) is 21.2. The summed E-state index contributed by atoms with van der Waals surface area (Å²) in [5.41, 5.74) is 5.55. The quantitative estimate of drug-likeness (QED) is 0.294. The van der Waals surface area contributed by atoms with Gasteiger partial charge in [-0.05, 0) is 37.1 Å². The van der Waals surface area contributed by atoms with Crippen LogP contribution in [0.5, 0.6) is 17.2 Å². The fourth-order valence-corrected chi connectivity index (χ4v) is 4.17. The number of methoxy groups -OCH3 is 3. The van der Waals surface area contributed by atoms with Crippen LogP contribution < -0.4 is 24.8 Å². The first-order chi connectivity index (χ1) is 18.0. The van der Waals surface area contributed by atoms with E-state index in [9.17, 15) is 0 Å².